The number of carbonyl (C=O) groups is 1. The van der Waals surface area contributed by atoms with Crippen molar-refractivity contribution in [2.75, 3.05) is 22.4 Å². The Kier molecular flexibility index (Phi) is 6.51. The van der Waals surface area contributed by atoms with Crippen molar-refractivity contribution < 1.29 is 13.2 Å². The van der Waals surface area contributed by atoms with E-state index in [1.165, 1.54) is 0 Å². The molecule has 0 aliphatic rings. The lowest BCUT2D eigenvalue weighted by Crippen LogP contribution is -2.37. The molecule has 1 amide bonds. The highest BCUT2D eigenvalue weighted by Gasteiger charge is 2.20. The third-order valence-electron chi connectivity index (χ3n) is 4.20. The molecule has 0 saturated carbocycles. The maximum absolute atomic E-state index is 12.4. The van der Waals surface area contributed by atoms with E-state index in [9.17, 15) is 13.2 Å². The maximum atomic E-state index is 12.4. The fourth-order valence-corrected chi connectivity index (χ4v) is 3.76. The molecule has 6 nitrogen and oxygen atoms in total. The van der Waals surface area contributed by atoms with Gasteiger partial charge >= 0.3 is 0 Å². The Bertz CT molecular complexity index is 1070. The number of aromatic nitrogens is 1. The van der Waals surface area contributed by atoms with Crippen LogP contribution in [0.3, 0.4) is 0 Å². The minimum absolute atomic E-state index is 0.334. The summed E-state index contributed by atoms with van der Waals surface area (Å²) in [6, 6.07) is 17.6. The zero-order chi connectivity index (χ0) is 20.9. The van der Waals surface area contributed by atoms with Crippen LogP contribution in [0, 0.1) is 0 Å². The van der Waals surface area contributed by atoms with Crippen LogP contribution in [0.2, 0.25) is 5.02 Å². The van der Waals surface area contributed by atoms with E-state index >= 15 is 0 Å². The number of anilines is 2. The van der Waals surface area contributed by atoms with Gasteiger partial charge in [0.1, 0.15) is 6.54 Å². The SMILES string of the molecule is CS(=O)(=O)N(CC(=O)Nc1ccc(Cc2ccncc2)cc1)c1ccc(Cl)cc1. The van der Waals surface area contributed by atoms with Gasteiger partial charge in [0.05, 0.1) is 11.9 Å². The number of rotatable bonds is 7. The first-order chi connectivity index (χ1) is 13.8. The molecule has 0 radical (unpaired) electrons. The summed E-state index contributed by atoms with van der Waals surface area (Å²) in [7, 11) is -3.64. The Morgan fingerprint density at radius 2 is 1.55 bits per heavy atom. The smallest absolute Gasteiger partial charge is 0.245 e. The molecule has 1 aromatic heterocycles. The Morgan fingerprint density at radius 1 is 0.966 bits per heavy atom. The average Bonchev–Trinajstić information content (AvgIpc) is 2.68. The number of pyridine rings is 1. The predicted molar refractivity (Wildman–Crippen MR) is 116 cm³/mol. The lowest BCUT2D eigenvalue weighted by molar-refractivity contribution is -0.114. The minimum atomic E-state index is -3.64. The van der Waals surface area contributed by atoms with Crippen molar-refractivity contribution in [3.8, 4) is 0 Å². The van der Waals surface area contributed by atoms with Gasteiger partial charge in [0.25, 0.3) is 0 Å². The van der Waals surface area contributed by atoms with Crippen molar-refractivity contribution in [1.82, 2.24) is 4.98 Å². The summed E-state index contributed by atoms with van der Waals surface area (Å²) < 4.78 is 25.3. The molecular weight excluding hydrogens is 410 g/mol. The van der Waals surface area contributed by atoms with E-state index in [4.69, 9.17) is 11.6 Å². The quantitative estimate of drug-likeness (QED) is 0.620. The first-order valence-electron chi connectivity index (χ1n) is 8.82. The lowest BCUT2D eigenvalue weighted by atomic mass is 10.1. The van der Waals surface area contributed by atoms with Gasteiger partial charge in [-0.05, 0) is 66.1 Å². The first-order valence-corrected chi connectivity index (χ1v) is 11.0. The zero-order valence-electron chi connectivity index (χ0n) is 15.7. The topological polar surface area (TPSA) is 79.4 Å². The third kappa shape index (κ3) is 6.04. The van der Waals surface area contributed by atoms with Crippen LogP contribution >= 0.6 is 11.6 Å². The number of carbonyl (C=O) groups excluding carboxylic acids is 1. The molecule has 3 rings (SSSR count). The van der Waals surface area contributed by atoms with Crippen LogP contribution in [0.5, 0.6) is 0 Å². The van der Waals surface area contributed by atoms with E-state index in [-0.39, 0.29) is 6.54 Å². The number of hydrogen-bond donors (Lipinski definition) is 1. The van der Waals surface area contributed by atoms with E-state index in [1.54, 1.807) is 48.8 Å². The molecule has 1 heterocycles. The fourth-order valence-electron chi connectivity index (χ4n) is 2.78. The first kappa shape index (κ1) is 20.8. The van der Waals surface area contributed by atoms with E-state index in [1.807, 2.05) is 24.3 Å². The number of benzene rings is 2. The van der Waals surface area contributed by atoms with E-state index in [0.717, 1.165) is 28.1 Å². The van der Waals surface area contributed by atoms with Crippen LogP contribution in [0.25, 0.3) is 0 Å². The van der Waals surface area contributed by atoms with E-state index < -0.39 is 15.9 Å². The number of hydrogen-bond acceptors (Lipinski definition) is 4. The lowest BCUT2D eigenvalue weighted by Gasteiger charge is -2.22. The molecule has 0 atom stereocenters. The van der Waals surface area contributed by atoms with Crippen LogP contribution in [0.1, 0.15) is 11.1 Å². The van der Waals surface area contributed by atoms with Crippen LogP contribution in [-0.4, -0.2) is 32.1 Å². The fraction of sp³-hybridized carbons (Fsp3) is 0.143. The van der Waals surface area contributed by atoms with Crippen molar-refractivity contribution in [3.63, 3.8) is 0 Å². The van der Waals surface area contributed by atoms with Gasteiger partial charge in [-0.1, -0.05) is 23.7 Å². The number of halogens is 1. The van der Waals surface area contributed by atoms with Crippen LogP contribution in [0.15, 0.2) is 73.1 Å². The highest BCUT2D eigenvalue weighted by Crippen LogP contribution is 2.20. The maximum Gasteiger partial charge on any atom is 0.245 e. The molecule has 3 aromatic rings. The second-order valence-electron chi connectivity index (χ2n) is 6.52. The van der Waals surface area contributed by atoms with Crippen LogP contribution in [-0.2, 0) is 21.2 Å². The summed E-state index contributed by atoms with van der Waals surface area (Å²) in [6.45, 7) is -0.334. The highest BCUT2D eigenvalue weighted by atomic mass is 35.5. The summed E-state index contributed by atoms with van der Waals surface area (Å²) >= 11 is 5.86. The summed E-state index contributed by atoms with van der Waals surface area (Å²) in [6.07, 6.45) is 5.31. The van der Waals surface area contributed by atoms with Crippen LogP contribution in [0.4, 0.5) is 11.4 Å². The molecule has 0 unspecified atom stereocenters. The molecule has 0 spiro atoms. The molecule has 0 saturated heterocycles. The molecule has 0 fully saturated rings. The number of nitrogens with one attached hydrogen (secondary N) is 1. The normalized spacial score (nSPS) is 11.1. The second-order valence-corrected chi connectivity index (χ2v) is 8.87. The van der Waals surface area contributed by atoms with Gasteiger partial charge in [-0.3, -0.25) is 14.1 Å². The monoisotopic (exact) mass is 429 g/mol. The minimum Gasteiger partial charge on any atom is -0.325 e. The summed E-state index contributed by atoms with van der Waals surface area (Å²) in [5, 5.41) is 3.22. The average molecular weight is 430 g/mol. The Labute approximate surface area is 175 Å². The molecule has 150 valence electrons. The van der Waals surface area contributed by atoms with Gasteiger partial charge in [-0.25, -0.2) is 8.42 Å². The van der Waals surface area contributed by atoms with Crippen molar-refractivity contribution in [1.29, 1.82) is 0 Å². The molecule has 1 N–H and O–H groups in total. The largest absolute Gasteiger partial charge is 0.325 e. The van der Waals surface area contributed by atoms with Crippen molar-refractivity contribution in [2.24, 2.45) is 0 Å². The third-order valence-corrected chi connectivity index (χ3v) is 5.59. The van der Waals surface area contributed by atoms with Gasteiger partial charge in [-0.2, -0.15) is 0 Å². The summed E-state index contributed by atoms with van der Waals surface area (Å²) in [5.74, 6) is -0.438. The summed E-state index contributed by atoms with van der Waals surface area (Å²) in [4.78, 5) is 16.4. The molecule has 0 bridgehead atoms. The number of nitrogens with zero attached hydrogens (tertiary/aromatic N) is 2. The van der Waals surface area contributed by atoms with Crippen molar-refractivity contribution in [3.05, 3.63) is 89.2 Å². The van der Waals surface area contributed by atoms with Gasteiger partial charge in [0.15, 0.2) is 0 Å². The Morgan fingerprint density at radius 3 is 2.14 bits per heavy atom. The molecule has 0 aliphatic carbocycles. The van der Waals surface area contributed by atoms with Crippen molar-refractivity contribution in [2.45, 2.75) is 6.42 Å². The molecule has 0 aliphatic heterocycles. The van der Waals surface area contributed by atoms with Gasteiger partial charge in [-0.15, -0.1) is 0 Å². The van der Waals surface area contributed by atoms with E-state index in [2.05, 4.69) is 10.3 Å². The summed E-state index contributed by atoms with van der Waals surface area (Å²) in [5.41, 5.74) is 3.20. The Balaban J connectivity index is 1.66. The predicted octanol–water partition coefficient (Wildman–Crippen LogP) is 3.73. The molecule has 8 heteroatoms. The van der Waals surface area contributed by atoms with Crippen molar-refractivity contribution >= 4 is 38.9 Å². The highest BCUT2D eigenvalue weighted by molar-refractivity contribution is 7.92. The molecule has 29 heavy (non-hydrogen) atoms. The second kappa shape index (κ2) is 9.07. The van der Waals surface area contributed by atoms with Gasteiger partial charge in [0.2, 0.25) is 15.9 Å². The Hall–Kier alpha value is -2.90. The standard InChI is InChI=1S/C21H20ClN3O3S/c1-29(27,28)25(20-8-4-18(22)5-9-20)15-21(26)24-19-6-2-16(3-7-19)14-17-10-12-23-13-11-17/h2-13H,14-15H2,1H3,(H,24,26). The van der Waals surface area contributed by atoms with E-state index in [0.29, 0.717) is 16.4 Å². The van der Waals surface area contributed by atoms with Crippen LogP contribution < -0.4 is 9.62 Å². The number of sulfonamides is 1. The number of amides is 1. The van der Waals surface area contributed by atoms with Gasteiger partial charge in [0, 0.05) is 23.1 Å². The molecular formula is C21H20ClN3O3S. The zero-order valence-corrected chi connectivity index (χ0v) is 17.3. The van der Waals surface area contributed by atoms with Gasteiger partial charge < -0.3 is 5.32 Å². The molecule has 2 aromatic carbocycles.